The summed E-state index contributed by atoms with van der Waals surface area (Å²) in [5, 5.41) is 1.47. The molecule has 0 fully saturated rings. The van der Waals surface area contributed by atoms with Crippen molar-refractivity contribution in [1.82, 2.24) is 15.0 Å². The van der Waals surface area contributed by atoms with Crippen molar-refractivity contribution < 1.29 is 0 Å². The van der Waals surface area contributed by atoms with E-state index in [1.165, 1.54) is 0 Å². The molecule has 0 unspecified atom stereocenters. The molecule has 2 heterocycles. The van der Waals surface area contributed by atoms with Crippen LogP contribution in [-0.4, -0.2) is 15.0 Å². The molecule has 2 aromatic heterocycles. The van der Waals surface area contributed by atoms with Crippen molar-refractivity contribution in [3.05, 3.63) is 44.5 Å². The van der Waals surface area contributed by atoms with Gasteiger partial charge in [0.25, 0.3) is 0 Å². The Hall–Kier alpha value is -1.00. The highest BCUT2D eigenvalue weighted by Crippen LogP contribution is 2.33. The first-order valence-electron chi connectivity index (χ1n) is 5.22. The number of imidazole rings is 1. The number of hydrogen-bond donors (Lipinski definition) is 1. The lowest BCUT2D eigenvalue weighted by atomic mass is 10.2. The molecule has 0 saturated heterocycles. The molecule has 0 bridgehead atoms. The van der Waals surface area contributed by atoms with Crippen molar-refractivity contribution in [3.8, 4) is 11.4 Å². The monoisotopic (exact) mass is 331 g/mol. The summed E-state index contributed by atoms with van der Waals surface area (Å²) < 4.78 is 0. The van der Waals surface area contributed by atoms with Gasteiger partial charge in [0.1, 0.15) is 11.0 Å². The van der Waals surface area contributed by atoms with E-state index in [4.69, 9.17) is 46.4 Å². The minimum Gasteiger partial charge on any atom is -0.336 e. The number of halogens is 4. The summed E-state index contributed by atoms with van der Waals surface area (Å²) in [5.74, 6) is 0.563. The van der Waals surface area contributed by atoms with Crippen molar-refractivity contribution in [3.63, 3.8) is 0 Å². The van der Waals surface area contributed by atoms with Gasteiger partial charge in [-0.2, -0.15) is 0 Å². The second-order valence-electron chi connectivity index (χ2n) is 3.82. The van der Waals surface area contributed by atoms with Gasteiger partial charge in [0.05, 0.1) is 20.6 Å². The SMILES string of the molecule is Clc1cc2[nH]c(-c3cccc(Cl)c3Cl)nc2nc1Cl. The van der Waals surface area contributed by atoms with E-state index in [1.54, 1.807) is 18.2 Å². The number of rotatable bonds is 1. The molecule has 1 N–H and O–H groups in total. The van der Waals surface area contributed by atoms with E-state index in [0.717, 1.165) is 0 Å². The first kappa shape index (κ1) is 13.0. The molecule has 0 aliphatic carbocycles. The van der Waals surface area contributed by atoms with Gasteiger partial charge < -0.3 is 4.98 Å². The molecule has 0 atom stereocenters. The number of benzene rings is 1. The van der Waals surface area contributed by atoms with Gasteiger partial charge in [-0.15, -0.1) is 0 Å². The Bertz CT molecular complexity index is 743. The number of H-pyrrole nitrogens is 1. The van der Waals surface area contributed by atoms with Crippen LogP contribution in [0.1, 0.15) is 0 Å². The Morgan fingerprint density at radius 1 is 0.947 bits per heavy atom. The first-order valence-corrected chi connectivity index (χ1v) is 6.73. The molecular weight excluding hydrogens is 328 g/mol. The van der Waals surface area contributed by atoms with Crippen LogP contribution in [0.25, 0.3) is 22.6 Å². The minimum atomic E-state index is 0.212. The Kier molecular flexibility index (Phi) is 3.31. The Morgan fingerprint density at radius 3 is 2.53 bits per heavy atom. The average molecular weight is 333 g/mol. The van der Waals surface area contributed by atoms with E-state index in [2.05, 4.69) is 15.0 Å². The van der Waals surface area contributed by atoms with Crippen LogP contribution in [0.5, 0.6) is 0 Å². The fraction of sp³-hybridized carbons (Fsp3) is 0. The standard InChI is InChI=1S/C12H5Cl4N3/c13-6-3-1-2-5(9(6)15)11-17-8-4-7(14)10(16)18-12(8)19-11/h1-4H,(H,17,18,19). The third-order valence-corrected chi connectivity index (χ3v) is 4.08. The normalized spacial score (nSPS) is 11.2. The molecule has 0 saturated carbocycles. The molecule has 3 nitrogen and oxygen atoms in total. The highest BCUT2D eigenvalue weighted by molar-refractivity contribution is 6.43. The van der Waals surface area contributed by atoms with E-state index < -0.39 is 0 Å². The third-order valence-electron chi connectivity index (χ3n) is 2.59. The van der Waals surface area contributed by atoms with Crippen molar-refractivity contribution in [2.45, 2.75) is 0 Å². The molecule has 1 aromatic carbocycles. The molecule has 0 radical (unpaired) electrons. The van der Waals surface area contributed by atoms with E-state index in [0.29, 0.717) is 37.6 Å². The summed E-state index contributed by atoms with van der Waals surface area (Å²) in [4.78, 5) is 11.5. The van der Waals surface area contributed by atoms with Crippen LogP contribution in [-0.2, 0) is 0 Å². The number of aromatic nitrogens is 3. The van der Waals surface area contributed by atoms with Gasteiger partial charge in [0.2, 0.25) is 0 Å². The summed E-state index contributed by atoms with van der Waals surface area (Å²) in [6, 6.07) is 6.99. The van der Waals surface area contributed by atoms with E-state index in [9.17, 15) is 0 Å². The maximum absolute atomic E-state index is 6.15. The summed E-state index contributed by atoms with van der Waals surface area (Å²) >= 11 is 23.9. The molecule has 0 amide bonds. The van der Waals surface area contributed by atoms with Crippen LogP contribution >= 0.6 is 46.4 Å². The zero-order valence-corrected chi connectivity index (χ0v) is 12.2. The average Bonchev–Trinajstić information content (AvgIpc) is 2.76. The summed E-state index contributed by atoms with van der Waals surface area (Å²) in [5.41, 5.74) is 1.85. The number of aromatic amines is 1. The maximum atomic E-state index is 6.15. The highest BCUT2D eigenvalue weighted by Gasteiger charge is 2.13. The van der Waals surface area contributed by atoms with Crippen LogP contribution in [0.15, 0.2) is 24.3 Å². The number of nitrogens with one attached hydrogen (secondary N) is 1. The number of nitrogens with zero attached hydrogens (tertiary/aromatic N) is 2. The van der Waals surface area contributed by atoms with Crippen molar-refractivity contribution >= 4 is 57.6 Å². The van der Waals surface area contributed by atoms with Gasteiger partial charge in [-0.1, -0.05) is 52.5 Å². The Morgan fingerprint density at radius 2 is 1.74 bits per heavy atom. The Balaban J connectivity index is 2.23. The van der Waals surface area contributed by atoms with Gasteiger partial charge >= 0.3 is 0 Å². The van der Waals surface area contributed by atoms with Crippen molar-refractivity contribution in [1.29, 1.82) is 0 Å². The number of pyridine rings is 1. The maximum Gasteiger partial charge on any atom is 0.179 e. The number of fused-ring (bicyclic) bond motifs is 1. The van der Waals surface area contributed by atoms with Crippen LogP contribution in [0.3, 0.4) is 0 Å². The van der Waals surface area contributed by atoms with Gasteiger partial charge in [0, 0.05) is 5.56 Å². The molecule has 96 valence electrons. The van der Waals surface area contributed by atoms with Crippen molar-refractivity contribution in [2.24, 2.45) is 0 Å². The lowest BCUT2D eigenvalue weighted by Gasteiger charge is -2.01. The molecule has 0 aliphatic heterocycles. The molecule has 0 spiro atoms. The smallest absolute Gasteiger partial charge is 0.179 e. The third kappa shape index (κ3) is 2.28. The van der Waals surface area contributed by atoms with Crippen LogP contribution in [0.4, 0.5) is 0 Å². The van der Waals surface area contributed by atoms with E-state index in [-0.39, 0.29) is 5.15 Å². The summed E-state index contributed by atoms with van der Waals surface area (Å²) in [6.45, 7) is 0. The molecule has 0 aliphatic rings. The quantitative estimate of drug-likeness (QED) is 0.619. The number of hydrogen-bond acceptors (Lipinski definition) is 2. The van der Waals surface area contributed by atoms with Gasteiger partial charge in [-0.3, -0.25) is 0 Å². The predicted molar refractivity (Wildman–Crippen MR) is 79.4 cm³/mol. The fourth-order valence-corrected chi connectivity index (χ4v) is 2.39. The first-order chi connectivity index (χ1) is 9.06. The molecule has 19 heavy (non-hydrogen) atoms. The zero-order valence-electron chi connectivity index (χ0n) is 9.22. The molecule has 3 aromatic rings. The summed E-state index contributed by atoms with van der Waals surface area (Å²) in [7, 11) is 0. The van der Waals surface area contributed by atoms with Crippen LogP contribution < -0.4 is 0 Å². The van der Waals surface area contributed by atoms with Crippen LogP contribution in [0.2, 0.25) is 20.2 Å². The van der Waals surface area contributed by atoms with E-state index in [1.807, 2.05) is 6.07 Å². The van der Waals surface area contributed by atoms with Crippen LogP contribution in [0, 0.1) is 0 Å². The lowest BCUT2D eigenvalue weighted by Crippen LogP contribution is -1.82. The van der Waals surface area contributed by atoms with Gasteiger partial charge in [-0.05, 0) is 18.2 Å². The largest absolute Gasteiger partial charge is 0.336 e. The molecule has 7 heteroatoms. The second-order valence-corrected chi connectivity index (χ2v) is 5.37. The predicted octanol–water partition coefficient (Wildman–Crippen LogP) is 5.24. The zero-order chi connectivity index (χ0) is 13.6. The minimum absolute atomic E-state index is 0.212. The van der Waals surface area contributed by atoms with Crippen molar-refractivity contribution in [2.75, 3.05) is 0 Å². The van der Waals surface area contributed by atoms with E-state index >= 15 is 0 Å². The topological polar surface area (TPSA) is 41.6 Å². The Labute approximate surface area is 128 Å². The second kappa shape index (κ2) is 4.84. The fourth-order valence-electron chi connectivity index (χ4n) is 1.71. The summed E-state index contributed by atoms with van der Waals surface area (Å²) in [6.07, 6.45) is 0. The molecular formula is C12H5Cl4N3. The van der Waals surface area contributed by atoms with Gasteiger partial charge in [-0.25, -0.2) is 9.97 Å². The van der Waals surface area contributed by atoms with Gasteiger partial charge in [0.15, 0.2) is 5.65 Å². The molecule has 3 rings (SSSR count). The highest BCUT2D eigenvalue weighted by atomic mass is 35.5. The lowest BCUT2D eigenvalue weighted by molar-refractivity contribution is 1.30.